The van der Waals surface area contributed by atoms with Gasteiger partial charge in [0.2, 0.25) is 5.91 Å². The predicted octanol–water partition coefficient (Wildman–Crippen LogP) is 4.03. The minimum absolute atomic E-state index is 0.0733. The van der Waals surface area contributed by atoms with E-state index in [0.717, 1.165) is 18.4 Å². The van der Waals surface area contributed by atoms with Crippen LogP contribution >= 0.6 is 0 Å². The Hall–Kier alpha value is -3.61. The number of nitrogens with one attached hydrogen (secondary N) is 1. The number of esters is 1. The number of hydrogen-bond acceptors (Lipinski definition) is 6. The van der Waals surface area contributed by atoms with Crippen LogP contribution in [0.25, 0.3) is 6.08 Å². The van der Waals surface area contributed by atoms with Crippen molar-refractivity contribution in [1.82, 2.24) is 0 Å². The Balaban J connectivity index is 1.49. The van der Waals surface area contributed by atoms with Gasteiger partial charge in [0, 0.05) is 30.2 Å². The van der Waals surface area contributed by atoms with Gasteiger partial charge in [-0.3, -0.25) is 9.59 Å². The maximum Gasteiger partial charge on any atom is 0.331 e. The van der Waals surface area contributed by atoms with Crippen LogP contribution in [0.15, 0.2) is 48.5 Å². The summed E-state index contributed by atoms with van der Waals surface area (Å²) in [5.74, 6) is 0.292. The molecule has 1 N–H and O–H groups in total. The fourth-order valence-corrected chi connectivity index (χ4v) is 2.91. The number of fused-ring (bicyclic) bond motifs is 1. The summed E-state index contributed by atoms with van der Waals surface area (Å²) < 4.78 is 16.2. The van der Waals surface area contributed by atoms with Gasteiger partial charge in [-0.05, 0) is 54.5 Å². The fourth-order valence-electron chi connectivity index (χ4n) is 2.91. The zero-order valence-corrected chi connectivity index (χ0v) is 17.4. The second-order valence-corrected chi connectivity index (χ2v) is 7.00. The van der Waals surface area contributed by atoms with Crippen LogP contribution < -0.4 is 14.8 Å². The Morgan fingerprint density at radius 2 is 1.77 bits per heavy atom. The average Bonchev–Trinajstić information content (AvgIpc) is 3.01. The molecule has 0 aromatic heterocycles. The average molecular weight is 423 g/mol. The van der Waals surface area contributed by atoms with Gasteiger partial charge in [0.25, 0.3) is 0 Å². The topological polar surface area (TPSA) is 90.9 Å². The maximum atomic E-state index is 12.2. The molecule has 1 amide bonds. The molecule has 0 bridgehead atoms. The van der Waals surface area contributed by atoms with Crippen molar-refractivity contribution in [3.05, 3.63) is 59.7 Å². The maximum absolute atomic E-state index is 12.2. The molecule has 7 heteroatoms. The number of amides is 1. The number of ether oxygens (including phenoxy) is 3. The number of hydrogen-bond donors (Lipinski definition) is 1. The summed E-state index contributed by atoms with van der Waals surface area (Å²) in [5, 5.41) is 2.75. The van der Waals surface area contributed by atoms with Crippen molar-refractivity contribution < 1.29 is 28.6 Å². The highest BCUT2D eigenvalue weighted by Gasteiger charge is 2.11. The molecule has 7 nitrogen and oxygen atoms in total. The van der Waals surface area contributed by atoms with E-state index in [-0.39, 0.29) is 18.3 Å². The molecule has 0 radical (unpaired) electrons. The molecule has 0 unspecified atom stereocenters. The van der Waals surface area contributed by atoms with Gasteiger partial charge in [-0.1, -0.05) is 13.0 Å². The Bertz CT molecular complexity index is 965. The Labute approximate surface area is 181 Å². The van der Waals surface area contributed by atoms with E-state index in [9.17, 15) is 14.4 Å². The second-order valence-electron chi connectivity index (χ2n) is 7.00. The van der Waals surface area contributed by atoms with Crippen LogP contribution in [0.2, 0.25) is 0 Å². The number of benzene rings is 2. The van der Waals surface area contributed by atoms with E-state index in [4.69, 9.17) is 14.2 Å². The van der Waals surface area contributed by atoms with E-state index in [1.807, 2.05) is 13.0 Å². The molecular weight excluding hydrogens is 398 g/mol. The molecule has 1 heterocycles. The number of anilines is 1. The molecule has 0 aliphatic carbocycles. The predicted molar refractivity (Wildman–Crippen MR) is 116 cm³/mol. The molecule has 0 spiro atoms. The summed E-state index contributed by atoms with van der Waals surface area (Å²) in [6, 6.07) is 11.9. The zero-order valence-electron chi connectivity index (χ0n) is 17.4. The van der Waals surface area contributed by atoms with Gasteiger partial charge in [-0.25, -0.2) is 4.79 Å². The summed E-state index contributed by atoms with van der Waals surface area (Å²) in [5.41, 5.74) is 1.77. The second kappa shape index (κ2) is 11.0. The number of rotatable bonds is 8. The molecule has 2 aromatic rings. The Morgan fingerprint density at radius 1 is 1.03 bits per heavy atom. The van der Waals surface area contributed by atoms with E-state index < -0.39 is 5.97 Å². The van der Waals surface area contributed by atoms with Crippen molar-refractivity contribution >= 4 is 29.4 Å². The van der Waals surface area contributed by atoms with Crippen molar-refractivity contribution in [2.45, 2.75) is 26.2 Å². The fraction of sp³-hybridized carbons (Fsp3) is 0.292. The van der Waals surface area contributed by atoms with E-state index in [1.165, 1.54) is 6.08 Å². The molecule has 1 aliphatic heterocycles. The van der Waals surface area contributed by atoms with E-state index in [2.05, 4.69) is 5.32 Å². The first-order valence-electron chi connectivity index (χ1n) is 10.2. The highest BCUT2D eigenvalue weighted by Crippen LogP contribution is 2.30. The van der Waals surface area contributed by atoms with Crippen LogP contribution in [0, 0.1) is 0 Å². The first kappa shape index (κ1) is 22.1. The third-order valence-electron chi connectivity index (χ3n) is 4.50. The third-order valence-corrected chi connectivity index (χ3v) is 4.50. The first-order valence-corrected chi connectivity index (χ1v) is 10.2. The lowest BCUT2D eigenvalue weighted by atomic mass is 10.1. The number of carbonyl (C=O) groups is 3. The van der Waals surface area contributed by atoms with Gasteiger partial charge >= 0.3 is 5.97 Å². The smallest absolute Gasteiger partial charge is 0.331 e. The van der Waals surface area contributed by atoms with Crippen LogP contribution in [0.5, 0.6) is 11.5 Å². The minimum atomic E-state index is -0.621. The van der Waals surface area contributed by atoms with Crippen molar-refractivity contribution in [1.29, 1.82) is 0 Å². The largest absolute Gasteiger partial charge is 0.490 e. The third kappa shape index (κ3) is 6.70. The lowest BCUT2D eigenvalue weighted by molar-refractivity contribution is -0.136. The molecule has 162 valence electrons. The molecule has 2 aromatic carbocycles. The van der Waals surface area contributed by atoms with Crippen LogP contribution in [-0.2, 0) is 14.3 Å². The van der Waals surface area contributed by atoms with Crippen molar-refractivity contribution in [2.75, 3.05) is 25.1 Å². The van der Waals surface area contributed by atoms with Gasteiger partial charge in [0.15, 0.2) is 23.9 Å². The lowest BCUT2D eigenvalue weighted by Crippen LogP contribution is -2.13. The van der Waals surface area contributed by atoms with Crippen molar-refractivity contribution in [3.8, 4) is 11.5 Å². The zero-order chi connectivity index (χ0) is 22.1. The van der Waals surface area contributed by atoms with Crippen LogP contribution in [0.1, 0.15) is 42.1 Å². The summed E-state index contributed by atoms with van der Waals surface area (Å²) in [4.78, 5) is 35.8. The molecule has 1 aliphatic rings. The van der Waals surface area contributed by atoms with Crippen LogP contribution in [0.3, 0.4) is 0 Å². The first-order chi connectivity index (χ1) is 15.0. The lowest BCUT2D eigenvalue weighted by Gasteiger charge is -2.07. The van der Waals surface area contributed by atoms with Crippen LogP contribution in [0.4, 0.5) is 5.69 Å². The van der Waals surface area contributed by atoms with E-state index in [0.29, 0.717) is 42.4 Å². The number of carbonyl (C=O) groups excluding carboxylic acids is 3. The minimum Gasteiger partial charge on any atom is -0.490 e. The quantitative estimate of drug-likeness (QED) is 0.392. The monoisotopic (exact) mass is 423 g/mol. The normalized spacial score (nSPS) is 12.8. The number of Topliss-reactive ketones (excluding diaryl/α,β-unsaturated/α-hetero) is 1. The highest BCUT2D eigenvalue weighted by atomic mass is 16.5. The van der Waals surface area contributed by atoms with Gasteiger partial charge < -0.3 is 19.5 Å². The summed E-state index contributed by atoms with van der Waals surface area (Å²) in [6.07, 6.45) is 4.87. The highest BCUT2D eigenvalue weighted by molar-refractivity contribution is 5.99. The Morgan fingerprint density at radius 3 is 2.52 bits per heavy atom. The summed E-state index contributed by atoms with van der Waals surface area (Å²) in [7, 11) is 0. The molecular formula is C24H25NO6. The Kier molecular flexibility index (Phi) is 7.81. The summed E-state index contributed by atoms with van der Waals surface area (Å²) in [6.45, 7) is 2.75. The molecule has 0 fully saturated rings. The van der Waals surface area contributed by atoms with Crippen molar-refractivity contribution in [3.63, 3.8) is 0 Å². The molecule has 0 atom stereocenters. The van der Waals surface area contributed by atoms with Crippen molar-refractivity contribution in [2.24, 2.45) is 0 Å². The van der Waals surface area contributed by atoms with Gasteiger partial charge in [-0.15, -0.1) is 0 Å². The van der Waals surface area contributed by atoms with Crippen LogP contribution in [-0.4, -0.2) is 37.5 Å². The van der Waals surface area contributed by atoms with E-state index in [1.54, 1.807) is 42.5 Å². The molecule has 0 saturated carbocycles. The van der Waals surface area contributed by atoms with E-state index >= 15 is 0 Å². The molecule has 31 heavy (non-hydrogen) atoms. The van der Waals surface area contributed by atoms with Gasteiger partial charge in [0.05, 0.1) is 13.2 Å². The molecule has 3 rings (SSSR count). The SMILES string of the molecule is CCCC(=O)Nc1ccc(C(=O)COC(=O)/C=C/c2ccc3c(c2)OCCCO3)cc1. The summed E-state index contributed by atoms with van der Waals surface area (Å²) >= 11 is 0. The van der Waals surface area contributed by atoms with Gasteiger partial charge in [-0.2, -0.15) is 0 Å². The standard InChI is InChI=1S/C24H25NO6/c1-2-4-23(27)25-19-9-7-18(8-10-19)20(26)16-31-24(28)12-6-17-5-11-21-22(15-17)30-14-3-13-29-21/h5-12,15H,2-4,13-14,16H2,1H3,(H,25,27)/b12-6+. The van der Waals surface area contributed by atoms with Gasteiger partial charge in [0.1, 0.15) is 0 Å². The number of ketones is 1. The molecule has 0 saturated heterocycles.